The Morgan fingerprint density at radius 3 is 1.69 bits per heavy atom. The van der Waals surface area contributed by atoms with Crippen LogP contribution in [-0.2, 0) is 30.4 Å². The molecule has 0 aliphatic carbocycles. The maximum atomic E-state index is 11.7. The molecule has 4 aromatic carbocycles. The second-order valence-corrected chi connectivity index (χ2v) is 11.5. The first kappa shape index (κ1) is 40.7. The number of azo groups is 1. The van der Waals surface area contributed by atoms with Gasteiger partial charge in [-0.25, -0.2) is 25.3 Å². The molecule has 0 saturated carbocycles. The maximum Gasteiger partial charge on any atom is 1.00 e. The van der Waals surface area contributed by atoms with Gasteiger partial charge in [0, 0.05) is 16.2 Å². The molecule has 0 atom stereocenters. The van der Waals surface area contributed by atoms with Crippen molar-refractivity contribution in [3.63, 3.8) is 0 Å². The zero-order chi connectivity index (χ0) is 29.3. The molecule has 206 valence electrons. The number of hydrogen-bond donors (Lipinski definition) is 2. The van der Waals surface area contributed by atoms with Crippen molar-refractivity contribution < 1.29 is 143 Å². The largest absolute Gasteiger partial charge is 1.00 e. The van der Waals surface area contributed by atoms with Crippen LogP contribution >= 0.6 is 0 Å². The molecule has 0 fully saturated rings. The van der Waals surface area contributed by atoms with Crippen LogP contribution < -0.4 is 88.7 Å². The summed E-state index contributed by atoms with van der Waals surface area (Å²) in [6.07, 6.45) is 0. The van der Waals surface area contributed by atoms with E-state index in [0.717, 1.165) is 30.3 Å². The first-order valence-corrected chi connectivity index (χ1v) is 14.1. The van der Waals surface area contributed by atoms with E-state index in [-0.39, 0.29) is 116 Å². The standard InChI is InChI=1S/C20H14N2O10S3.HNO3.3Na/c23-20-18(35(30,31)32)10-11-9-12(33(24,25)26)5-6-13(11)19(20)22-21-16-7-8-17(34(27,28)29)15-4-2-1-3-14(15)16;2-1(3)4;;;/h1-10,23H,(H,24,25,26)(H,27,28,29)(H,30,31,32);(H,2,3,4);;;/q;;3*+1/p-3/b22-21+;;;;. The molecule has 16 nitrogen and oxygen atoms in total. The molecular weight excluding hydrogens is 655 g/mol. The quantitative estimate of drug-likeness (QED) is 0.0659. The molecule has 0 radical (unpaired) electrons. The van der Waals surface area contributed by atoms with Gasteiger partial charge in [-0.05, 0) is 35.7 Å². The average Bonchev–Trinajstić information content (AvgIpc) is 2.80. The molecule has 2 N–H and O–H groups in total. The number of aromatic hydroxyl groups is 1. The zero-order valence-corrected chi connectivity index (χ0v) is 30.2. The summed E-state index contributed by atoms with van der Waals surface area (Å²) in [6.45, 7) is 0. The van der Waals surface area contributed by atoms with E-state index in [1.54, 1.807) is 0 Å². The third kappa shape index (κ3) is 9.87. The van der Waals surface area contributed by atoms with E-state index >= 15 is 0 Å². The van der Waals surface area contributed by atoms with Crippen LogP contribution in [-0.4, -0.2) is 54.3 Å². The molecule has 0 heterocycles. The molecule has 0 spiro atoms. The van der Waals surface area contributed by atoms with Gasteiger partial charge in [0.1, 0.15) is 36.0 Å². The number of nitrogens with zero attached hydrogens (tertiary/aromatic N) is 3. The van der Waals surface area contributed by atoms with Crippen LogP contribution in [0.25, 0.3) is 21.5 Å². The third-order valence-electron chi connectivity index (χ3n) is 4.97. The molecule has 0 aliphatic heterocycles. The van der Waals surface area contributed by atoms with Crippen molar-refractivity contribution in [3.05, 3.63) is 70.8 Å². The van der Waals surface area contributed by atoms with Crippen LogP contribution in [0.1, 0.15) is 0 Å². The fourth-order valence-corrected chi connectivity index (χ4v) is 5.23. The Morgan fingerprint density at radius 1 is 0.667 bits per heavy atom. The fourth-order valence-electron chi connectivity index (χ4n) is 3.44. The van der Waals surface area contributed by atoms with E-state index in [4.69, 9.17) is 15.3 Å². The van der Waals surface area contributed by atoms with Crippen molar-refractivity contribution in [2.75, 3.05) is 0 Å². The fraction of sp³-hybridized carbons (Fsp3) is 0. The van der Waals surface area contributed by atoms with Gasteiger partial charge in [0.2, 0.25) is 0 Å². The van der Waals surface area contributed by atoms with Gasteiger partial charge in [-0.2, -0.15) is 0 Å². The van der Waals surface area contributed by atoms with Crippen LogP contribution in [0.3, 0.4) is 0 Å². The summed E-state index contributed by atoms with van der Waals surface area (Å²) in [5.41, 5.74) is -0.508. The number of benzene rings is 4. The summed E-state index contributed by atoms with van der Waals surface area (Å²) in [5, 5.41) is 31.8. The van der Waals surface area contributed by atoms with Crippen molar-refractivity contribution in [1.82, 2.24) is 0 Å². The average molecular weight is 667 g/mol. The Labute approximate surface area is 304 Å². The minimum atomic E-state index is -5.27. The first-order chi connectivity index (χ1) is 17.9. The topological polar surface area (TPSA) is 280 Å². The molecule has 0 amide bonds. The van der Waals surface area contributed by atoms with Gasteiger partial charge >= 0.3 is 88.7 Å². The Morgan fingerprint density at radius 2 is 1.19 bits per heavy atom. The van der Waals surface area contributed by atoms with Gasteiger partial charge in [0.05, 0.1) is 20.4 Å². The zero-order valence-electron chi connectivity index (χ0n) is 21.7. The summed E-state index contributed by atoms with van der Waals surface area (Å²) >= 11 is 0. The van der Waals surface area contributed by atoms with Crippen LogP contribution in [0, 0.1) is 10.1 Å². The Kier molecular flexibility index (Phi) is 15.2. The predicted molar refractivity (Wildman–Crippen MR) is 126 cm³/mol. The van der Waals surface area contributed by atoms with Crippen LogP contribution in [0.5, 0.6) is 5.75 Å². The first-order valence-electron chi connectivity index (χ1n) is 9.85. The van der Waals surface area contributed by atoms with Crippen molar-refractivity contribution in [2.24, 2.45) is 10.2 Å². The molecule has 4 rings (SSSR count). The summed E-state index contributed by atoms with van der Waals surface area (Å²) in [7, 11) is -15.0. The Balaban J connectivity index is 0.00000226. The van der Waals surface area contributed by atoms with E-state index in [0.29, 0.717) is 6.07 Å². The van der Waals surface area contributed by atoms with E-state index < -0.39 is 61.6 Å². The summed E-state index contributed by atoms with van der Waals surface area (Å²) in [5.74, 6) is -1.07. The number of phenols is 1. The third-order valence-corrected chi connectivity index (χ3v) is 7.54. The van der Waals surface area contributed by atoms with Gasteiger partial charge < -0.3 is 24.0 Å². The number of hydrogen-bond acceptors (Lipinski definition) is 14. The van der Waals surface area contributed by atoms with Crippen molar-refractivity contribution >= 4 is 63.3 Å². The van der Waals surface area contributed by atoms with Crippen molar-refractivity contribution in [3.8, 4) is 5.75 Å². The number of fused-ring (bicyclic) bond motifs is 2. The summed E-state index contributed by atoms with van der Waals surface area (Å²) < 4.78 is 104. The van der Waals surface area contributed by atoms with Crippen LogP contribution in [0.2, 0.25) is 0 Å². The van der Waals surface area contributed by atoms with Gasteiger partial charge in [-0.1, -0.05) is 30.3 Å². The maximum absolute atomic E-state index is 11.7. The van der Waals surface area contributed by atoms with Crippen LogP contribution in [0.15, 0.2) is 85.6 Å². The second-order valence-electron chi connectivity index (χ2n) is 7.38. The molecule has 0 unspecified atom stereocenters. The summed E-state index contributed by atoms with van der Waals surface area (Å²) in [4.78, 5) is 6.01. The predicted octanol–water partition coefficient (Wildman–Crippen LogP) is -6.51. The van der Waals surface area contributed by atoms with Crippen molar-refractivity contribution in [2.45, 2.75) is 14.7 Å². The van der Waals surface area contributed by atoms with Crippen molar-refractivity contribution in [1.29, 1.82) is 0 Å². The van der Waals surface area contributed by atoms with Gasteiger partial charge in [-0.15, -0.1) is 20.3 Å². The molecule has 0 saturated heterocycles. The second kappa shape index (κ2) is 15.6. The van der Waals surface area contributed by atoms with Gasteiger partial charge in [0.15, 0.2) is 5.75 Å². The minimum Gasteiger partial charge on any atom is -0.744 e. The molecular formula is C20H12N3Na3O13S3. The van der Waals surface area contributed by atoms with E-state index in [9.17, 15) is 44.0 Å². The molecule has 0 aliphatic rings. The SMILES string of the molecule is O=S(=O)([O-])c1ccc2c(/N=N/c3ccc(S(=O)(=O)[O-])c4ccccc34)c(O)c(S(=O)(=O)[O-])cc2c1.O=[N+]([O-])O.[Na+].[Na+].[Na+]. The molecule has 42 heavy (non-hydrogen) atoms. The van der Waals surface area contributed by atoms with Crippen LogP contribution in [0.4, 0.5) is 11.4 Å². The minimum absolute atomic E-state index is 0. The summed E-state index contributed by atoms with van der Waals surface area (Å²) in [6, 6.07) is 11.5. The molecule has 0 aromatic heterocycles. The monoisotopic (exact) mass is 667 g/mol. The normalized spacial score (nSPS) is 11.5. The van der Waals surface area contributed by atoms with Gasteiger partial charge in [-0.3, -0.25) is 0 Å². The number of rotatable bonds is 5. The molecule has 4 aromatic rings. The number of phenolic OH excluding ortho intramolecular Hbond substituents is 1. The molecule has 22 heteroatoms. The Hall–Kier alpha value is -1.27. The van der Waals surface area contributed by atoms with E-state index in [2.05, 4.69) is 10.2 Å². The Bertz CT molecular complexity index is 2000. The smallest absolute Gasteiger partial charge is 0.744 e. The van der Waals surface area contributed by atoms with E-state index in [1.165, 1.54) is 24.3 Å². The van der Waals surface area contributed by atoms with Gasteiger partial charge in [0.25, 0.3) is 5.09 Å². The molecule has 0 bridgehead atoms. The van der Waals surface area contributed by atoms with E-state index in [1.807, 2.05) is 0 Å².